The Morgan fingerprint density at radius 2 is 2.06 bits per heavy atom. The molecule has 17 heavy (non-hydrogen) atoms. The number of fused-ring (bicyclic) bond motifs is 1. The molecule has 0 spiro atoms. The summed E-state index contributed by atoms with van der Waals surface area (Å²) in [6.07, 6.45) is 5.01. The molecule has 1 fully saturated rings. The van der Waals surface area contributed by atoms with E-state index >= 15 is 0 Å². The number of hydrogen-bond donors (Lipinski definition) is 2. The van der Waals surface area contributed by atoms with Crippen molar-refractivity contribution in [1.29, 1.82) is 0 Å². The second kappa shape index (κ2) is 4.04. The van der Waals surface area contributed by atoms with Crippen molar-refractivity contribution in [2.75, 3.05) is 5.73 Å². The van der Waals surface area contributed by atoms with Crippen LogP contribution in [0, 0.1) is 0 Å². The summed E-state index contributed by atoms with van der Waals surface area (Å²) in [5, 5.41) is 0. The average molecular weight is 230 g/mol. The van der Waals surface area contributed by atoms with Gasteiger partial charge in [0.25, 0.3) is 0 Å². The van der Waals surface area contributed by atoms with Crippen molar-refractivity contribution >= 4 is 17.0 Å². The van der Waals surface area contributed by atoms with Crippen molar-refractivity contribution in [1.82, 2.24) is 9.55 Å². The third-order valence-electron chi connectivity index (χ3n) is 3.71. The number of anilines is 1. The highest BCUT2D eigenvalue weighted by molar-refractivity contribution is 5.79. The molecule has 1 aromatic carbocycles. The van der Waals surface area contributed by atoms with Crippen LogP contribution in [0.5, 0.6) is 0 Å². The van der Waals surface area contributed by atoms with Crippen LogP contribution in [0.4, 0.5) is 5.95 Å². The van der Waals surface area contributed by atoms with Crippen LogP contribution in [0.1, 0.15) is 37.3 Å². The second-order valence-corrected chi connectivity index (χ2v) is 4.81. The molecule has 1 aliphatic rings. The fourth-order valence-corrected chi connectivity index (χ4v) is 2.83. The van der Waals surface area contributed by atoms with Gasteiger partial charge >= 0.3 is 0 Å². The number of nitrogens with two attached hydrogens (primary N) is 2. The third kappa shape index (κ3) is 1.69. The van der Waals surface area contributed by atoms with Gasteiger partial charge in [0.2, 0.25) is 5.95 Å². The minimum Gasteiger partial charge on any atom is -0.369 e. The molecule has 1 heterocycles. The van der Waals surface area contributed by atoms with Gasteiger partial charge in [-0.2, -0.15) is 0 Å². The lowest BCUT2D eigenvalue weighted by Gasteiger charge is -2.14. The average Bonchev–Trinajstić information content (AvgIpc) is 2.93. The van der Waals surface area contributed by atoms with E-state index in [1.54, 1.807) is 0 Å². The predicted molar refractivity (Wildman–Crippen MR) is 69.5 cm³/mol. The first-order valence-corrected chi connectivity index (χ1v) is 6.26. The van der Waals surface area contributed by atoms with E-state index in [1.807, 2.05) is 12.1 Å². The number of imidazole rings is 1. The molecule has 0 aliphatic heterocycles. The number of rotatable bonds is 2. The lowest BCUT2D eigenvalue weighted by molar-refractivity contribution is 0.539. The molecule has 4 heteroatoms. The lowest BCUT2D eigenvalue weighted by Crippen LogP contribution is -2.08. The molecule has 2 aromatic rings. The Kier molecular flexibility index (Phi) is 2.52. The molecule has 1 aliphatic carbocycles. The zero-order valence-corrected chi connectivity index (χ0v) is 9.89. The molecule has 0 atom stereocenters. The maximum atomic E-state index is 6.05. The molecular formula is C13H18N4. The largest absolute Gasteiger partial charge is 0.369 e. The lowest BCUT2D eigenvalue weighted by atomic mass is 10.2. The first-order valence-electron chi connectivity index (χ1n) is 6.26. The monoisotopic (exact) mass is 230 g/mol. The Bertz CT molecular complexity index is 538. The van der Waals surface area contributed by atoms with Crippen LogP contribution in [-0.4, -0.2) is 9.55 Å². The maximum Gasteiger partial charge on any atom is 0.201 e. The van der Waals surface area contributed by atoms with Crippen LogP contribution in [-0.2, 0) is 6.54 Å². The minimum atomic E-state index is 0.521. The molecule has 1 aromatic heterocycles. The highest BCUT2D eigenvalue weighted by Gasteiger charge is 2.21. The Morgan fingerprint density at radius 3 is 2.76 bits per heavy atom. The topological polar surface area (TPSA) is 69.9 Å². The minimum absolute atomic E-state index is 0.521. The molecule has 1 saturated carbocycles. The molecule has 4 nitrogen and oxygen atoms in total. The Morgan fingerprint density at radius 1 is 1.29 bits per heavy atom. The number of aromatic nitrogens is 2. The van der Waals surface area contributed by atoms with E-state index in [9.17, 15) is 0 Å². The fraction of sp³-hybridized carbons (Fsp3) is 0.462. The van der Waals surface area contributed by atoms with E-state index in [1.165, 1.54) is 25.7 Å². The highest BCUT2D eigenvalue weighted by Crippen LogP contribution is 2.34. The van der Waals surface area contributed by atoms with Gasteiger partial charge < -0.3 is 16.0 Å². The van der Waals surface area contributed by atoms with Crippen molar-refractivity contribution in [2.45, 2.75) is 38.3 Å². The SMILES string of the molecule is NCc1ccc2nc(N)n(C3CCCC3)c2c1. The first kappa shape index (κ1) is 10.6. The Balaban J connectivity index is 2.17. The molecular weight excluding hydrogens is 212 g/mol. The fourth-order valence-electron chi connectivity index (χ4n) is 2.83. The van der Waals surface area contributed by atoms with Crippen molar-refractivity contribution in [3.63, 3.8) is 0 Å². The number of nitrogen functional groups attached to an aromatic ring is 1. The van der Waals surface area contributed by atoms with Gasteiger partial charge in [-0.05, 0) is 30.5 Å². The van der Waals surface area contributed by atoms with Crippen LogP contribution in [0.3, 0.4) is 0 Å². The first-order chi connectivity index (χ1) is 8.29. The van der Waals surface area contributed by atoms with Gasteiger partial charge in [0.1, 0.15) is 0 Å². The zero-order chi connectivity index (χ0) is 11.8. The summed E-state index contributed by atoms with van der Waals surface area (Å²) in [6, 6.07) is 6.68. The Hall–Kier alpha value is -1.55. The number of hydrogen-bond acceptors (Lipinski definition) is 3. The van der Waals surface area contributed by atoms with E-state index in [-0.39, 0.29) is 0 Å². The summed E-state index contributed by atoms with van der Waals surface area (Å²) in [4.78, 5) is 4.43. The predicted octanol–water partition coefficient (Wildman–Crippen LogP) is 2.19. The van der Waals surface area contributed by atoms with Crippen molar-refractivity contribution in [3.05, 3.63) is 23.8 Å². The Labute approximate surface area is 101 Å². The van der Waals surface area contributed by atoms with Crippen LogP contribution in [0.15, 0.2) is 18.2 Å². The van der Waals surface area contributed by atoms with Crippen LogP contribution >= 0.6 is 0 Å². The van der Waals surface area contributed by atoms with Crippen molar-refractivity contribution in [3.8, 4) is 0 Å². The van der Waals surface area contributed by atoms with Crippen LogP contribution < -0.4 is 11.5 Å². The van der Waals surface area contributed by atoms with Crippen molar-refractivity contribution in [2.24, 2.45) is 5.73 Å². The quantitative estimate of drug-likeness (QED) is 0.830. The highest BCUT2D eigenvalue weighted by atomic mass is 15.2. The summed E-state index contributed by atoms with van der Waals surface area (Å²) in [7, 11) is 0. The van der Waals surface area contributed by atoms with E-state index in [0.29, 0.717) is 18.5 Å². The molecule has 0 saturated heterocycles. The van der Waals surface area contributed by atoms with Gasteiger partial charge in [0.05, 0.1) is 11.0 Å². The normalized spacial score (nSPS) is 17.0. The number of nitrogens with zero attached hydrogens (tertiary/aromatic N) is 2. The molecule has 3 rings (SSSR count). The van der Waals surface area contributed by atoms with Gasteiger partial charge in [-0.15, -0.1) is 0 Å². The summed E-state index contributed by atoms with van der Waals surface area (Å²) in [5.41, 5.74) is 15.0. The van der Waals surface area contributed by atoms with E-state index in [0.717, 1.165) is 16.6 Å². The summed E-state index contributed by atoms with van der Waals surface area (Å²) in [5.74, 6) is 0.640. The molecule has 0 radical (unpaired) electrons. The van der Waals surface area contributed by atoms with Gasteiger partial charge in [-0.25, -0.2) is 4.98 Å². The van der Waals surface area contributed by atoms with Gasteiger partial charge in [0, 0.05) is 12.6 Å². The van der Waals surface area contributed by atoms with Gasteiger partial charge in [-0.3, -0.25) is 0 Å². The molecule has 0 bridgehead atoms. The standard InChI is InChI=1S/C13H18N4/c14-8-9-5-6-11-12(7-9)17(13(15)16-11)10-3-1-2-4-10/h5-7,10H,1-4,8,14H2,(H2,15,16). The summed E-state index contributed by atoms with van der Waals surface area (Å²) in [6.45, 7) is 0.561. The maximum absolute atomic E-state index is 6.05. The molecule has 4 N–H and O–H groups in total. The van der Waals surface area contributed by atoms with E-state index in [2.05, 4.69) is 15.6 Å². The van der Waals surface area contributed by atoms with Crippen LogP contribution in [0.25, 0.3) is 11.0 Å². The van der Waals surface area contributed by atoms with E-state index < -0.39 is 0 Å². The number of benzene rings is 1. The third-order valence-corrected chi connectivity index (χ3v) is 3.71. The van der Waals surface area contributed by atoms with Gasteiger partial charge in [-0.1, -0.05) is 18.9 Å². The molecule has 0 amide bonds. The molecule has 0 unspecified atom stereocenters. The van der Waals surface area contributed by atoms with Gasteiger partial charge in [0.15, 0.2) is 0 Å². The second-order valence-electron chi connectivity index (χ2n) is 4.81. The smallest absolute Gasteiger partial charge is 0.201 e. The summed E-state index contributed by atoms with van der Waals surface area (Å²) >= 11 is 0. The zero-order valence-electron chi connectivity index (χ0n) is 9.89. The summed E-state index contributed by atoms with van der Waals surface area (Å²) < 4.78 is 2.20. The van der Waals surface area contributed by atoms with Crippen molar-refractivity contribution < 1.29 is 0 Å². The van der Waals surface area contributed by atoms with E-state index in [4.69, 9.17) is 11.5 Å². The van der Waals surface area contributed by atoms with Crippen LogP contribution in [0.2, 0.25) is 0 Å². The molecule has 90 valence electrons.